The van der Waals surface area contributed by atoms with Crippen LogP contribution >= 0.6 is 11.6 Å². The standard InChI is InChI=1S/C21H19ClFN7O/c1-2-18(30-27-20(26-28-30)15-4-6-16(22)7-5-15)21(31)25-12-14-3-8-19(17(23)11-14)29-10-9-24-13-29/h3-11,13,18H,2,12H2,1H3,(H,25,31). The lowest BCUT2D eigenvalue weighted by molar-refractivity contribution is -0.125. The molecule has 1 N–H and O–H groups in total. The third kappa shape index (κ3) is 4.61. The maximum atomic E-state index is 14.4. The molecule has 0 bridgehead atoms. The van der Waals surface area contributed by atoms with Crippen LogP contribution in [-0.2, 0) is 11.3 Å². The van der Waals surface area contributed by atoms with Crippen molar-refractivity contribution in [2.45, 2.75) is 25.9 Å². The molecule has 158 valence electrons. The number of carbonyl (C=O) groups excluding carboxylic acids is 1. The van der Waals surface area contributed by atoms with Gasteiger partial charge < -0.3 is 9.88 Å². The van der Waals surface area contributed by atoms with Crippen molar-refractivity contribution < 1.29 is 9.18 Å². The Balaban J connectivity index is 1.43. The van der Waals surface area contributed by atoms with Gasteiger partial charge in [-0.25, -0.2) is 9.37 Å². The van der Waals surface area contributed by atoms with Crippen LogP contribution in [0.4, 0.5) is 4.39 Å². The number of nitrogens with one attached hydrogen (secondary N) is 1. The quantitative estimate of drug-likeness (QED) is 0.475. The van der Waals surface area contributed by atoms with Gasteiger partial charge in [0.2, 0.25) is 11.7 Å². The number of aromatic nitrogens is 6. The van der Waals surface area contributed by atoms with Crippen LogP contribution < -0.4 is 5.32 Å². The van der Waals surface area contributed by atoms with E-state index >= 15 is 0 Å². The van der Waals surface area contributed by atoms with Crippen LogP contribution in [0.1, 0.15) is 24.9 Å². The van der Waals surface area contributed by atoms with E-state index < -0.39 is 11.9 Å². The summed E-state index contributed by atoms with van der Waals surface area (Å²) in [5.41, 5.74) is 1.78. The predicted octanol–water partition coefficient (Wildman–Crippen LogP) is 3.59. The second kappa shape index (κ2) is 9.05. The summed E-state index contributed by atoms with van der Waals surface area (Å²) in [6, 6.07) is 11.2. The fraction of sp³-hybridized carbons (Fsp3) is 0.190. The average Bonchev–Trinajstić information content (AvgIpc) is 3.46. The van der Waals surface area contributed by atoms with Crippen LogP contribution in [0.3, 0.4) is 0 Å². The molecule has 0 fully saturated rings. The Morgan fingerprint density at radius 1 is 1.23 bits per heavy atom. The van der Waals surface area contributed by atoms with Gasteiger partial charge in [-0.15, -0.1) is 10.2 Å². The molecular formula is C21H19ClFN7O. The van der Waals surface area contributed by atoms with E-state index in [-0.39, 0.29) is 12.5 Å². The van der Waals surface area contributed by atoms with E-state index in [1.165, 1.54) is 17.2 Å². The molecule has 2 aromatic carbocycles. The highest BCUT2D eigenvalue weighted by molar-refractivity contribution is 6.30. The van der Waals surface area contributed by atoms with Gasteiger partial charge in [-0.3, -0.25) is 4.79 Å². The SMILES string of the molecule is CCC(C(=O)NCc1ccc(-n2ccnc2)c(F)c1)n1nnc(-c2ccc(Cl)cc2)n1. The minimum absolute atomic E-state index is 0.176. The van der Waals surface area contributed by atoms with E-state index in [1.54, 1.807) is 53.4 Å². The van der Waals surface area contributed by atoms with Gasteiger partial charge in [0.05, 0.1) is 12.0 Å². The number of amides is 1. The highest BCUT2D eigenvalue weighted by atomic mass is 35.5. The number of imidazole rings is 1. The minimum atomic E-state index is -0.636. The summed E-state index contributed by atoms with van der Waals surface area (Å²) < 4.78 is 16.0. The molecule has 0 aliphatic carbocycles. The Morgan fingerprint density at radius 3 is 2.71 bits per heavy atom. The molecule has 1 unspecified atom stereocenters. The molecule has 0 spiro atoms. The third-order valence-corrected chi connectivity index (χ3v) is 5.01. The Morgan fingerprint density at radius 2 is 2.03 bits per heavy atom. The summed E-state index contributed by atoms with van der Waals surface area (Å²) in [5.74, 6) is -0.274. The number of carbonyl (C=O) groups is 1. The molecule has 4 rings (SSSR count). The molecule has 0 aliphatic heterocycles. The Labute approximate surface area is 182 Å². The first-order valence-electron chi connectivity index (χ1n) is 9.65. The van der Waals surface area contributed by atoms with Gasteiger partial charge in [-0.2, -0.15) is 4.80 Å². The topological polar surface area (TPSA) is 90.5 Å². The van der Waals surface area contributed by atoms with Gasteiger partial charge in [0.15, 0.2) is 6.04 Å². The summed E-state index contributed by atoms with van der Waals surface area (Å²) in [6.45, 7) is 2.03. The fourth-order valence-corrected chi connectivity index (χ4v) is 3.23. The summed E-state index contributed by atoms with van der Waals surface area (Å²) in [5, 5.41) is 15.8. The summed E-state index contributed by atoms with van der Waals surface area (Å²) >= 11 is 5.91. The zero-order valence-electron chi connectivity index (χ0n) is 16.6. The molecule has 0 saturated heterocycles. The number of hydrogen-bond acceptors (Lipinski definition) is 5. The normalized spacial score (nSPS) is 12.0. The van der Waals surface area contributed by atoms with E-state index in [9.17, 15) is 9.18 Å². The lowest BCUT2D eigenvalue weighted by Crippen LogP contribution is -2.33. The number of tetrazole rings is 1. The molecule has 2 heterocycles. The number of rotatable bonds is 7. The summed E-state index contributed by atoms with van der Waals surface area (Å²) in [7, 11) is 0. The van der Waals surface area contributed by atoms with Crippen LogP contribution in [0, 0.1) is 5.82 Å². The molecule has 1 atom stereocenters. The van der Waals surface area contributed by atoms with E-state index in [1.807, 2.05) is 6.92 Å². The predicted molar refractivity (Wildman–Crippen MR) is 113 cm³/mol. The summed E-state index contributed by atoms with van der Waals surface area (Å²) in [4.78, 5) is 17.9. The molecule has 10 heteroatoms. The zero-order valence-corrected chi connectivity index (χ0v) is 17.4. The maximum Gasteiger partial charge on any atom is 0.247 e. The van der Waals surface area contributed by atoms with Gasteiger partial charge in [0, 0.05) is 29.5 Å². The Bertz CT molecular complexity index is 1170. The van der Waals surface area contributed by atoms with E-state index in [0.29, 0.717) is 28.5 Å². The molecule has 0 radical (unpaired) electrons. The van der Waals surface area contributed by atoms with Crippen LogP contribution in [0.5, 0.6) is 0 Å². The molecule has 31 heavy (non-hydrogen) atoms. The highest BCUT2D eigenvalue weighted by Gasteiger charge is 2.22. The molecule has 0 saturated carbocycles. The van der Waals surface area contributed by atoms with Gasteiger partial charge >= 0.3 is 0 Å². The molecule has 1 amide bonds. The van der Waals surface area contributed by atoms with Gasteiger partial charge in [0.1, 0.15) is 5.82 Å². The second-order valence-electron chi connectivity index (χ2n) is 6.84. The van der Waals surface area contributed by atoms with E-state index in [0.717, 1.165) is 5.56 Å². The molecule has 8 nitrogen and oxygen atoms in total. The maximum absolute atomic E-state index is 14.4. The fourth-order valence-electron chi connectivity index (χ4n) is 3.10. The molecule has 4 aromatic rings. The van der Waals surface area contributed by atoms with E-state index in [4.69, 9.17) is 11.6 Å². The smallest absolute Gasteiger partial charge is 0.247 e. The van der Waals surface area contributed by atoms with Crippen molar-refractivity contribution in [2.24, 2.45) is 0 Å². The van der Waals surface area contributed by atoms with Crippen LogP contribution in [0.15, 0.2) is 61.2 Å². The first-order valence-corrected chi connectivity index (χ1v) is 10.0. The van der Waals surface area contributed by atoms with Crippen LogP contribution in [0.2, 0.25) is 5.02 Å². The van der Waals surface area contributed by atoms with Gasteiger partial charge in [-0.05, 0) is 53.6 Å². The van der Waals surface area contributed by atoms with Crippen molar-refractivity contribution in [1.29, 1.82) is 0 Å². The van der Waals surface area contributed by atoms with Crippen LogP contribution in [0.25, 0.3) is 17.1 Å². The van der Waals surface area contributed by atoms with Gasteiger partial charge in [0.25, 0.3) is 0 Å². The Kier molecular flexibility index (Phi) is 6.03. The molecule has 0 aliphatic rings. The van der Waals surface area contributed by atoms with Gasteiger partial charge in [-0.1, -0.05) is 24.6 Å². The highest BCUT2D eigenvalue weighted by Crippen LogP contribution is 2.19. The van der Waals surface area contributed by atoms with Crippen molar-refractivity contribution in [3.8, 4) is 17.1 Å². The van der Waals surface area contributed by atoms with Crippen molar-refractivity contribution in [3.63, 3.8) is 0 Å². The number of nitrogens with zero attached hydrogens (tertiary/aromatic N) is 6. The average molecular weight is 440 g/mol. The van der Waals surface area contributed by atoms with Crippen molar-refractivity contribution in [3.05, 3.63) is 77.6 Å². The first-order chi connectivity index (χ1) is 15.0. The number of benzene rings is 2. The van der Waals surface area contributed by atoms with E-state index in [2.05, 4.69) is 25.7 Å². The van der Waals surface area contributed by atoms with Crippen molar-refractivity contribution >= 4 is 17.5 Å². The minimum Gasteiger partial charge on any atom is -0.350 e. The summed E-state index contributed by atoms with van der Waals surface area (Å²) in [6.07, 6.45) is 5.23. The van der Waals surface area contributed by atoms with Crippen molar-refractivity contribution in [2.75, 3.05) is 0 Å². The zero-order chi connectivity index (χ0) is 21.8. The number of hydrogen-bond donors (Lipinski definition) is 1. The molecule has 2 aromatic heterocycles. The number of halogens is 2. The molecular weight excluding hydrogens is 421 g/mol. The van der Waals surface area contributed by atoms with Crippen LogP contribution in [-0.4, -0.2) is 35.7 Å². The first kappa shape index (κ1) is 20.7. The second-order valence-corrected chi connectivity index (χ2v) is 7.27. The lowest BCUT2D eigenvalue weighted by atomic mass is 10.1. The van der Waals surface area contributed by atoms with Crippen molar-refractivity contribution in [1.82, 2.24) is 35.1 Å². The monoisotopic (exact) mass is 439 g/mol. The third-order valence-electron chi connectivity index (χ3n) is 4.76. The lowest BCUT2D eigenvalue weighted by Gasteiger charge is -2.14. The largest absolute Gasteiger partial charge is 0.350 e. The Hall–Kier alpha value is -3.59.